The summed E-state index contributed by atoms with van der Waals surface area (Å²) < 4.78 is 5.75. The van der Waals surface area contributed by atoms with E-state index in [1.807, 2.05) is 0 Å². The van der Waals surface area contributed by atoms with Crippen LogP contribution in [-0.4, -0.2) is 22.3 Å². The molecule has 1 aliphatic rings. The van der Waals surface area contributed by atoms with E-state index in [4.69, 9.17) is 22.1 Å². The number of ether oxygens (including phenoxy) is 1. The van der Waals surface area contributed by atoms with E-state index in [0.29, 0.717) is 11.0 Å². The average Bonchev–Trinajstić information content (AvgIpc) is 2.48. The normalized spacial score (nSPS) is 26.1. The molecule has 1 aliphatic carbocycles. The SMILES string of the molecule is NC1CCCCCC1Oc1ccc(Cl)nn1. The van der Waals surface area contributed by atoms with Crippen molar-refractivity contribution in [3.63, 3.8) is 0 Å². The topological polar surface area (TPSA) is 61.0 Å². The fourth-order valence-electron chi connectivity index (χ4n) is 1.97. The molecule has 4 nitrogen and oxygen atoms in total. The van der Waals surface area contributed by atoms with Crippen LogP contribution in [0.1, 0.15) is 32.1 Å². The molecule has 0 aromatic carbocycles. The van der Waals surface area contributed by atoms with E-state index in [1.54, 1.807) is 12.1 Å². The van der Waals surface area contributed by atoms with Crippen LogP contribution in [0.15, 0.2) is 12.1 Å². The maximum absolute atomic E-state index is 6.06. The highest BCUT2D eigenvalue weighted by molar-refractivity contribution is 6.29. The monoisotopic (exact) mass is 241 g/mol. The van der Waals surface area contributed by atoms with E-state index in [2.05, 4.69) is 10.2 Å². The second-order valence-electron chi connectivity index (χ2n) is 4.15. The molecule has 0 aliphatic heterocycles. The van der Waals surface area contributed by atoms with Crippen molar-refractivity contribution in [2.24, 2.45) is 5.73 Å². The van der Waals surface area contributed by atoms with Gasteiger partial charge in [-0.2, -0.15) is 0 Å². The van der Waals surface area contributed by atoms with Crippen LogP contribution in [0.5, 0.6) is 5.88 Å². The lowest BCUT2D eigenvalue weighted by atomic mass is 10.1. The maximum atomic E-state index is 6.06. The van der Waals surface area contributed by atoms with Crippen LogP contribution in [0.4, 0.5) is 0 Å². The third-order valence-corrected chi connectivity index (χ3v) is 3.08. The van der Waals surface area contributed by atoms with Crippen molar-refractivity contribution in [3.8, 4) is 5.88 Å². The smallest absolute Gasteiger partial charge is 0.233 e. The molecular formula is C11H16ClN3O. The van der Waals surface area contributed by atoms with E-state index >= 15 is 0 Å². The van der Waals surface area contributed by atoms with Crippen molar-refractivity contribution in [2.45, 2.75) is 44.2 Å². The molecule has 1 aromatic rings. The number of nitrogens with zero attached hydrogens (tertiary/aromatic N) is 2. The minimum Gasteiger partial charge on any atom is -0.472 e. The third kappa shape index (κ3) is 3.06. The third-order valence-electron chi connectivity index (χ3n) is 2.88. The molecule has 0 radical (unpaired) electrons. The Kier molecular flexibility index (Phi) is 3.96. The van der Waals surface area contributed by atoms with Gasteiger partial charge in [0.05, 0.1) is 0 Å². The highest BCUT2D eigenvalue weighted by Gasteiger charge is 2.22. The molecule has 1 fully saturated rings. The van der Waals surface area contributed by atoms with Crippen LogP contribution in [0.3, 0.4) is 0 Å². The largest absolute Gasteiger partial charge is 0.472 e. The lowest BCUT2D eigenvalue weighted by Crippen LogP contribution is -2.38. The van der Waals surface area contributed by atoms with Crippen LogP contribution < -0.4 is 10.5 Å². The number of hydrogen-bond donors (Lipinski definition) is 1. The minimum absolute atomic E-state index is 0.0537. The van der Waals surface area contributed by atoms with E-state index in [1.165, 1.54) is 19.3 Å². The lowest BCUT2D eigenvalue weighted by Gasteiger charge is -2.21. The molecule has 16 heavy (non-hydrogen) atoms. The number of aromatic nitrogens is 2. The van der Waals surface area contributed by atoms with Gasteiger partial charge in [-0.15, -0.1) is 10.2 Å². The molecule has 1 heterocycles. The van der Waals surface area contributed by atoms with Crippen LogP contribution in [0.25, 0.3) is 0 Å². The van der Waals surface area contributed by atoms with Gasteiger partial charge in [-0.25, -0.2) is 0 Å². The summed E-state index contributed by atoms with van der Waals surface area (Å²) in [6.45, 7) is 0. The summed E-state index contributed by atoms with van der Waals surface area (Å²) in [5.41, 5.74) is 6.06. The summed E-state index contributed by atoms with van der Waals surface area (Å²) in [7, 11) is 0. The van der Waals surface area contributed by atoms with Crippen molar-refractivity contribution < 1.29 is 4.74 Å². The van der Waals surface area contributed by atoms with Gasteiger partial charge in [0.1, 0.15) is 6.10 Å². The quantitative estimate of drug-likeness (QED) is 0.807. The van der Waals surface area contributed by atoms with E-state index in [-0.39, 0.29) is 12.1 Å². The van der Waals surface area contributed by atoms with Crippen molar-refractivity contribution >= 4 is 11.6 Å². The first-order valence-electron chi connectivity index (χ1n) is 5.67. The van der Waals surface area contributed by atoms with Crippen LogP contribution in [-0.2, 0) is 0 Å². The Balaban J connectivity index is 1.99. The molecule has 88 valence electrons. The fourth-order valence-corrected chi connectivity index (χ4v) is 2.07. The molecule has 5 heteroatoms. The summed E-state index contributed by atoms with van der Waals surface area (Å²) in [5, 5.41) is 7.99. The van der Waals surface area contributed by atoms with Gasteiger partial charge in [-0.1, -0.05) is 24.4 Å². The predicted octanol–water partition coefficient (Wildman–Crippen LogP) is 2.17. The molecule has 2 atom stereocenters. The number of rotatable bonds is 2. The molecule has 0 spiro atoms. The standard InChI is InChI=1S/C11H16ClN3O/c12-10-6-7-11(15-14-10)16-9-5-3-1-2-4-8(9)13/h6-9H,1-5,13H2. The summed E-state index contributed by atoms with van der Waals surface area (Å²) in [6, 6.07) is 3.50. The minimum atomic E-state index is 0.0537. The van der Waals surface area contributed by atoms with Gasteiger partial charge in [0.15, 0.2) is 5.15 Å². The first-order chi connectivity index (χ1) is 7.75. The van der Waals surface area contributed by atoms with Gasteiger partial charge in [-0.05, 0) is 25.3 Å². The summed E-state index contributed by atoms with van der Waals surface area (Å²) >= 11 is 5.66. The zero-order valence-corrected chi connectivity index (χ0v) is 9.86. The Hall–Kier alpha value is -0.870. The van der Waals surface area contributed by atoms with E-state index in [0.717, 1.165) is 12.8 Å². The molecule has 1 aromatic heterocycles. The molecule has 0 bridgehead atoms. The van der Waals surface area contributed by atoms with Gasteiger partial charge < -0.3 is 10.5 Å². The maximum Gasteiger partial charge on any atom is 0.233 e. The summed E-state index contributed by atoms with van der Waals surface area (Å²) in [6.07, 6.45) is 5.65. The zero-order chi connectivity index (χ0) is 11.4. The molecule has 2 unspecified atom stereocenters. The van der Waals surface area contributed by atoms with Crippen molar-refractivity contribution in [1.82, 2.24) is 10.2 Å². The van der Waals surface area contributed by atoms with Crippen molar-refractivity contribution in [2.75, 3.05) is 0 Å². The molecule has 0 saturated heterocycles. The molecule has 2 N–H and O–H groups in total. The molecule has 1 saturated carbocycles. The van der Waals surface area contributed by atoms with E-state index < -0.39 is 0 Å². The lowest BCUT2D eigenvalue weighted by molar-refractivity contribution is 0.154. The molecule has 0 amide bonds. The van der Waals surface area contributed by atoms with E-state index in [9.17, 15) is 0 Å². The van der Waals surface area contributed by atoms with Gasteiger partial charge in [-0.3, -0.25) is 0 Å². The van der Waals surface area contributed by atoms with Gasteiger partial charge in [0.25, 0.3) is 0 Å². The second-order valence-corrected chi connectivity index (χ2v) is 4.54. The number of hydrogen-bond acceptors (Lipinski definition) is 4. The van der Waals surface area contributed by atoms with Crippen LogP contribution in [0, 0.1) is 0 Å². The number of nitrogens with two attached hydrogens (primary N) is 1. The Morgan fingerprint density at radius 2 is 2.00 bits per heavy atom. The Labute approximate surface area is 100 Å². The Morgan fingerprint density at radius 3 is 2.75 bits per heavy atom. The molecular weight excluding hydrogens is 226 g/mol. The predicted molar refractivity (Wildman–Crippen MR) is 62.5 cm³/mol. The fraction of sp³-hybridized carbons (Fsp3) is 0.636. The Bertz CT molecular complexity index is 331. The first-order valence-corrected chi connectivity index (χ1v) is 6.05. The first kappa shape index (κ1) is 11.6. The second kappa shape index (κ2) is 5.46. The van der Waals surface area contributed by atoms with Crippen LogP contribution in [0.2, 0.25) is 5.15 Å². The molecule has 2 rings (SSSR count). The van der Waals surface area contributed by atoms with Crippen LogP contribution >= 0.6 is 11.6 Å². The van der Waals surface area contributed by atoms with Gasteiger partial charge in [0, 0.05) is 12.1 Å². The zero-order valence-electron chi connectivity index (χ0n) is 9.10. The van der Waals surface area contributed by atoms with Crippen molar-refractivity contribution in [1.29, 1.82) is 0 Å². The van der Waals surface area contributed by atoms with Gasteiger partial charge >= 0.3 is 0 Å². The van der Waals surface area contributed by atoms with Crippen molar-refractivity contribution in [3.05, 3.63) is 17.3 Å². The average molecular weight is 242 g/mol. The highest BCUT2D eigenvalue weighted by atomic mass is 35.5. The Morgan fingerprint density at radius 1 is 1.19 bits per heavy atom. The highest BCUT2D eigenvalue weighted by Crippen LogP contribution is 2.21. The van der Waals surface area contributed by atoms with Gasteiger partial charge in [0.2, 0.25) is 5.88 Å². The number of halogens is 1. The summed E-state index contributed by atoms with van der Waals surface area (Å²) in [4.78, 5) is 0. The summed E-state index contributed by atoms with van der Waals surface area (Å²) in [5.74, 6) is 0.506.